The average Bonchev–Trinajstić information content (AvgIpc) is 2.45. The van der Waals surface area contributed by atoms with Crippen LogP contribution in [0, 0.1) is 6.92 Å². The number of benzene rings is 1. The zero-order chi connectivity index (χ0) is 14.8. The number of carbonyl (C=O) groups excluding carboxylic acids is 2. The van der Waals surface area contributed by atoms with Crippen LogP contribution < -0.4 is 5.32 Å². The lowest BCUT2D eigenvalue weighted by atomic mass is 10.1. The number of carbonyl (C=O) groups is 2. The first-order chi connectivity index (χ1) is 9.61. The number of esters is 1. The Hall–Kier alpha value is -2.36. The third-order valence-electron chi connectivity index (χ3n) is 2.49. The van der Waals surface area contributed by atoms with Crippen LogP contribution in [0.25, 0.3) is 0 Å². The van der Waals surface area contributed by atoms with Crippen LogP contribution in [0.2, 0.25) is 0 Å². The summed E-state index contributed by atoms with van der Waals surface area (Å²) in [5.41, 5.74) is 2.17. The summed E-state index contributed by atoms with van der Waals surface area (Å²) in [4.78, 5) is 22.7. The van der Waals surface area contributed by atoms with Crippen molar-refractivity contribution in [3.8, 4) is 0 Å². The molecule has 0 atom stereocenters. The molecular formula is C16H19NO3. The SMILES string of the molecule is C/C=C/C=C/C(=O)OCC(=O)NCc1ccc(C)cc1. The summed E-state index contributed by atoms with van der Waals surface area (Å²) in [5.74, 6) is -0.855. The number of nitrogens with one attached hydrogen (secondary N) is 1. The first kappa shape index (κ1) is 15.7. The van der Waals surface area contributed by atoms with Crippen LogP contribution in [0.3, 0.4) is 0 Å². The van der Waals surface area contributed by atoms with E-state index in [1.165, 1.54) is 11.6 Å². The van der Waals surface area contributed by atoms with Crippen molar-refractivity contribution in [1.82, 2.24) is 5.32 Å². The zero-order valence-electron chi connectivity index (χ0n) is 11.8. The molecule has 4 nitrogen and oxygen atoms in total. The van der Waals surface area contributed by atoms with Gasteiger partial charge in [0.15, 0.2) is 6.61 Å². The number of ether oxygens (including phenoxy) is 1. The lowest BCUT2D eigenvalue weighted by Crippen LogP contribution is -2.28. The summed E-state index contributed by atoms with van der Waals surface area (Å²) in [7, 11) is 0. The van der Waals surface area contributed by atoms with E-state index < -0.39 is 5.97 Å². The summed E-state index contributed by atoms with van der Waals surface area (Å²) in [6.45, 7) is 3.99. The molecule has 0 spiro atoms. The van der Waals surface area contributed by atoms with Gasteiger partial charge < -0.3 is 10.1 Å². The molecule has 106 valence electrons. The van der Waals surface area contributed by atoms with Crippen molar-refractivity contribution in [2.75, 3.05) is 6.61 Å². The number of allylic oxidation sites excluding steroid dienone is 3. The molecule has 0 saturated heterocycles. The normalized spacial score (nSPS) is 10.9. The van der Waals surface area contributed by atoms with E-state index in [1.54, 1.807) is 18.2 Å². The maximum absolute atomic E-state index is 11.5. The highest BCUT2D eigenvalue weighted by Crippen LogP contribution is 2.02. The summed E-state index contributed by atoms with van der Waals surface area (Å²) >= 11 is 0. The Bertz CT molecular complexity index is 501. The number of hydrogen-bond acceptors (Lipinski definition) is 3. The molecule has 0 heterocycles. The minimum Gasteiger partial charge on any atom is -0.452 e. The van der Waals surface area contributed by atoms with E-state index in [0.29, 0.717) is 6.54 Å². The van der Waals surface area contributed by atoms with E-state index >= 15 is 0 Å². The highest BCUT2D eigenvalue weighted by molar-refractivity contribution is 5.85. The molecule has 1 aromatic rings. The van der Waals surface area contributed by atoms with E-state index in [0.717, 1.165) is 5.56 Å². The molecule has 0 aliphatic rings. The number of amides is 1. The minimum absolute atomic E-state index is 0.273. The third kappa shape index (κ3) is 6.54. The molecule has 1 N–H and O–H groups in total. The number of rotatable bonds is 6. The quantitative estimate of drug-likeness (QED) is 0.491. The van der Waals surface area contributed by atoms with Crippen molar-refractivity contribution < 1.29 is 14.3 Å². The predicted octanol–water partition coefficient (Wildman–Crippen LogP) is 2.29. The maximum atomic E-state index is 11.5. The van der Waals surface area contributed by atoms with Gasteiger partial charge in [0.25, 0.3) is 5.91 Å². The molecule has 0 bridgehead atoms. The molecule has 0 aromatic heterocycles. The number of aryl methyl sites for hydroxylation is 1. The standard InChI is InChI=1S/C16H19NO3/c1-3-4-5-6-16(19)20-12-15(18)17-11-14-9-7-13(2)8-10-14/h3-10H,11-12H2,1-2H3,(H,17,18)/b4-3+,6-5+. The number of hydrogen-bond donors (Lipinski definition) is 1. The molecule has 1 amide bonds. The van der Waals surface area contributed by atoms with Gasteiger partial charge in [-0.2, -0.15) is 0 Å². The average molecular weight is 273 g/mol. The second-order valence-electron chi connectivity index (χ2n) is 4.25. The van der Waals surface area contributed by atoms with Crippen molar-refractivity contribution in [2.45, 2.75) is 20.4 Å². The Morgan fingerprint density at radius 3 is 2.55 bits per heavy atom. The van der Waals surface area contributed by atoms with Gasteiger partial charge in [-0.25, -0.2) is 4.79 Å². The summed E-state index contributed by atoms with van der Waals surface area (Å²) in [6.07, 6.45) is 6.33. The summed E-state index contributed by atoms with van der Waals surface area (Å²) in [6, 6.07) is 7.85. The van der Waals surface area contributed by atoms with Gasteiger partial charge in [-0.1, -0.05) is 48.1 Å². The molecule has 0 saturated carbocycles. The first-order valence-electron chi connectivity index (χ1n) is 6.40. The van der Waals surface area contributed by atoms with Gasteiger partial charge in [-0.3, -0.25) is 4.79 Å². The van der Waals surface area contributed by atoms with Crippen molar-refractivity contribution in [1.29, 1.82) is 0 Å². The molecule has 20 heavy (non-hydrogen) atoms. The molecule has 0 radical (unpaired) electrons. The summed E-state index contributed by atoms with van der Waals surface area (Å²) in [5, 5.41) is 2.69. The fourth-order valence-electron chi connectivity index (χ4n) is 1.39. The largest absolute Gasteiger partial charge is 0.452 e. The molecule has 1 rings (SSSR count). The van der Waals surface area contributed by atoms with E-state index in [-0.39, 0.29) is 12.5 Å². The van der Waals surface area contributed by atoms with Crippen LogP contribution in [0.15, 0.2) is 48.6 Å². The predicted molar refractivity (Wildman–Crippen MR) is 77.9 cm³/mol. The molecule has 0 unspecified atom stereocenters. The van der Waals surface area contributed by atoms with E-state index in [1.807, 2.05) is 38.1 Å². The minimum atomic E-state index is -0.534. The smallest absolute Gasteiger partial charge is 0.331 e. The van der Waals surface area contributed by atoms with Crippen LogP contribution in [0.4, 0.5) is 0 Å². The Morgan fingerprint density at radius 1 is 1.20 bits per heavy atom. The Balaban J connectivity index is 2.26. The monoisotopic (exact) mass is 273 g/mol. The highest BCUT2D eigenvalue weighted by Gasteiger charge is 2.04. The van der Waals surface area contributed by atoms with Crippen molar-refractivity contribution >= 4 is 11.9 Å². The van der Waals surface area contributed by atoms with Crippen molar-refractivity contribution in [3.05, 3.63) is 59.7 Å². The van der Waals surface area contributed by atoms with Crippen LogP contribution in [-0.2, 0) is 20.9 Å². The van der Waals surface area contributed by atoms with Gasteiger partial charge >= 0.3 is 5.97 Å². The van der Waals surface area contributed by atoms with Crippen LogP contribution in [-0.4, -0.2) is 18.5 Å². The lowest BCUT2D eigenvalue weighted by molar-refractivity contribution is -0.143. The van der Waals surface area contributed by atoms with Crippen LogP contribution >= 0.6 is 0 Å². The molecular weight excluding hydrogens is 254 g/mol. The lowest BCUT2D eigenvalue weighted by Gasteiger charge is -2.05. The molecule has 0 aliphatic heterocycles. The first-order valence-corrected chi connectivity index (χ1v) is 6.40. The van der Waals surface area contributed by atoms with E-state index in [4.69, 9.17) is 4.74 Å². The third-order valence-corrected chi connectivity index (χ3v) is 2.49. The Labute approximate surface area is 119 Å². The van der Waals surface area contributed by atoms with E-state index in [2.05, 4.69) is 5.32 Å². The van der Waals surface area contributed by atoms with Gasteiger partial charge in [-0.15, -0.1) is 0 Å². The molecule has 0 aliphatic carbocycles. The fourth-order valence-corrected chi connectivity index (χ4v) is 1.39. The molecule has 0 fully saturated rings. The summed E-state index contributed by atoms with van der Waals surface area (Å²) < 4.78 is 4.79. The van der Waals surface area contributed by atoms with Crippen molar-refractivity contribution in [3.63, 3.8) is 0 Å². The Kier molecular flexibility index (Phi) is 6.82. The van der Waals surface area contributed by atoms with Crippen molar-refractivity contribution in [2.24, 2.45) is 0 Å². The van der Waals surface area contributed by atoms with Gasteiger partial charge in [-0.05, 0) is 19.4 Å². The second-order valence-corrected chi connectivity index (χ2v) is 4.25. The second kappa shape index (κ2) is 8.69. The topological polar surface area (TPSA) is 55.4 Å². The maximum Gasteiger partial charge on any atom is 0.331 e. The van der Waals surface area contributed by atoms with Gasteiger partial charge in [0.2, 0.25) is 0 Å². The van der Waals surface area contributed by atoms with Crippen LogP contribution in [0.1, 0.15) is 18.1 Å². The molecule has 1 aromatic carbocycles. The molecule has 4 heteroatoms. The zero-order valence-corrected chi connectivity index (χ0v) is 11.8. The van der Waals surface area contributed by atoms with E-state index in [9.17, 15) is 9.59 Å². The van der Waals surface area contributed by atoms with Gasteiger partial charge in [0.05, 0.1) is 0 Å². The van der Waals surface area contributed by atoms with Crippen LogP contribution in [0.5, 0.6) is 0 Å². The van der Waals surface area contributed by atoms with Gasteiger partial charge in [0.1, 0.15) is 0 Å². The Morgan fingerprint density at radius 2 is 1.90 bits per heavy atom. The highest BCUT2D eigenvalue weighted by atomic mass is 16.5. The fraction of sp³-hybridized carbons (Fsp3) is 0.250. The van der Waals surface area contributed by atoms with Gasteiger partial charge in [0, 0.05) is 12.6 Å².